The Kier molecular flexibility index (Phi) is 10.4. The van der Waals surface area contributed by atoms with Crippen LogP contribution in [-0.4, -0.2) is 30.4 Å². The minimum atomic E-state index is -3.99. The van der Waals surface area contributed by atoms with Gasteiger partial charge in [-0.25, -0.2) is 0 Å². The van der Waals surface area contributed by atoms with Crippen LogP contribution < -0.4 is 0 Å². The van der Waals surface area contributed by atoms with Crippen LogP contribution in [0.15, 0.2) is 0 Å². The van der Waals surface area contributed by atoms with E-state index in [1.165, 1.54) is 44.9 Å². The molecule has 0 saturated carbocycles. The molecule has 1 N–H and O–H groups in total. The van der Waals surface area contributed by atoms with Gasteiger partial charge in [-0.15, -0.1) is 0 Å². The quantitative estimate of drug-likeness (QED) is 0.253. The van der Waals surface area contributed by atoms with Crippen LogP contribution in [0.4, 0.5) is 0 Å². The predicted molar refractivity (Wildman–Crippen MR) is 95.4 cm³/mol. The van der Waals surface area contributed by atoms with Crippen LogP contribution in [0.3, 0.4) is 0 Å². The highest BCUT2D eigenvalue weighted by molar-refractivity contribution is 7.86. The first kappa shape index (κ1) is 20.9. The monoisotopic (exact) mass is 348 g/mol. The first-order chi connectivity index (χ1) is 11.0. The van der Waals surface area contributed by atoms with Crippen molar-refractivity contribution in [3.8, 4) is 0 Å². The molecule has 0 aliphatic carbocycles. The fraction of sp³-hybridized carbons (Fsp3) is 1.00. The highest BCUT2D eigenvalue weighted by Gasteiger charge is 2.48. The van der Waals surface area contributed by atoms with Crippen molar-refractivity contribution in [1.29, 1.82) is 0 Å². The molecule has 3 atom stereocenters. The Morgan fingerprint density at radius 1 is 0.870 bits per heavy atom. The molecule has 3 unspecified atom stereocenters. The Bertz CT molecular complexity index is 394. The normalized spacial score (nSPS) is 22.2. The van der Waals surface area contributed by atoms with Gasteiger partial charge in [0.15, 0.2) is 0 Å². The van der Waals surface area contributed by atoms with Gasteiger partial charge in [-0.3, -0.25) is 4.55 Å². The molecule has 0 radical (unpaired) electrons. The summed E-state index contributed by atoms with van der Waals surface area (Å²) >= 11 is 0. The van der Waals surface area contributed by atoms with Gasteiger partial charge in [0.05, 0.1) is 6.10 Å². The molecule has 1 heterocycles. The molecule has 23 heavy (non-hydrogen) atoms. The van der Waals surface area contributed by atoms with Crippen molar-refractivity contribution in [3.05, 3.63) is 0 Å². The summed E-state index contributed by atoms with van der Waals surface area (Å²) in [6, 6.07) is 0. The molecule has 0 aromatic carbocycles. The highest BCUT2D eigenvalue weighted by atomic mass is 32.2. The van der Waals surface area contributed by atoms with E-state index in [1.807, 2.05) is 0 Å². The molecule has 4 nitrogen and oxygen atoms in total. The average Bonchev–Trinajstić information content (AvgIpc) is 3.24. The van der Waals surface area contributed by atoms with E-state index >= 15 is 0 Å². The minimum Gasteiger partial charge on any atom is -0.368 e. The van der Waals surface area contributed by atoms with Crippen molar-refractivity contribution in [3.63, 3.8) is 0 Å². The summed E-state index contributed by atoms with van der Waals surface area (Å²) in [6.07, 6.45) is 14.0. The molecule has 0 bridgehead atoms. The lowest BCUT2D eigenvalue weighted by Gasteiger charge is -2.11. The molecule has 0 aromatic heterocycles. The van der Waals surface area contributed by atoms with Gasteiger partial charge in [0.2, 0.25) is 0 Å². The molecule has 1 fully saturated rings. The summed E-state index contributed by atoms with van der Waals surface area (Å²) in [5.41, 5.74) is 0. The zero-order valence-electron chi connectivity index (χ0n) is 15.0. The van der Waals surface area contributed by atoms with Crippen LogP contribution >= 0.6 is 0 Å². The lowest BCUT2D eigenvalue weighted by molar-refractivity contribution is 0.341. The van der Waals surface area contributed by atoms with Crippen molar-refractivity contribution >= 4 is 10.1 Å². The van der Waals surface area contributed by atoms with Crippen LogP contribution in [0.2, 0.25) is 0 Å². The van der Waals surface area contributed by atoms with Gasteiger partial charge < -0.3 is 4.74 Å². The number of rotatable bonds is 15. The summed E-state index contributed by atoms with van der Waals surface area (Å²) in [4.78, 5) is 0. The lowest BCUT2D eigenvalue weighted by atomic mass is 10.0. The Morgan fingerprint density at radius 3 is 1.96 bits per heavy atom. The van der Waals surface area contributed by atoms with Gasteiger partial charge in [0.1, 0.15) is 11.4 Å². The first-order valence-corrected chi connectivity index (χ1v) is 11.1. The van der Waals surface area contributed by atoms with Crippen LogP contribution in [0.1, 0.15) is 97.3 Å². The average molecular weight is 349 g/mol. The van der Waals surface area contributed by atoms with E-state index in [9.17, 15) is 13.0 Å². The number of hydrogen-bond donors (Lipinski definition) is 1. The third kappa shape index (κ3) is 9.06. The van der Waals surface area contributed by atoms with E-state index < -0.39 is 15.4 Å². The van der Waals surface area contributed by atoms with Crippen molar-refractivity contribution in [1.82, 2.24) is 0 Å². The van der Waals surface area contributed by atoms with E-state index in [2.05, 4.69) is 13.8 Å². The van der Waals surface area contributed by atoms with E-state index in [4.69, 9.17) is 4.74 Å². The van der Waals surface area contributed by atoms with Gasteiger partial charge in [0.25, 0.3) is 10.1 Å². The van der Waals surface area contributed by atoms with Gasteiger partial charge in [-0.05, 0) is 12.8 Å². The Labute approximate surface area is 143 Å². The smallest absolute Gasteiger partial charge is 0.270 e. The van der Waals surface area contributed by atoms with E-state index in [0.717, 1.165) is 32.1 Å². The third-order valence-electron chi connectivity index (χ3n) is 4.81. The molecule has 0 aromatic rings. The zero-order valence-corrected chi connectivity index (χ0v) is 15.8. The summed E-state index contributed by atoms with van der Waals surface area (Å²) in [5.74, 6) is 0. The van der Waals surface area contributed by atoms with Crippen molar-refractivity contribution in [2.45, 2.75) is 115 Å². The molecule has 1 aliphatic heterocycles. The second-order valence-electron chi connectivity index (χ2n) is 6.95. The maximum absolute atomic E-state index is 11.6. The Morgan fingerprint density at radius 2 is 1.39 bits per heavy atom. The molecule has 5 heteroatoms. The summed E-state index contributed by atoms with van der Waals surface area (Å²) in [5, 5.41) is -0.714. The van der Waals surface area contributed by atoms with Crippen molar-refractivity contribution in [2.75, 3.05) is 0 Å². The maximum atomic E-state index is 11.6. The van der Waals surface area contributed by atoms with Crippen LogP contribution in [0.5, 0.6) is 0 Å². The van der Waals surface area contributed by atoms with E-state index in [-0.39, 0.29) is 12.2 Å². The Balaban J connectivity index is 2.21. The molecule has 1 saturated heterocycles. The van der Waals surface area contributed by atoms with Crippen LogP contribution in [0, 0.1) is 0 Å². The number of hydrogen-bond acceptors (Lipinski definition) is 3. The van der Waals surface area contributed by atoms with Gasteiger partial charge in [-0.1, -0.05) is 84.5 Å². The molecular formula is C18H36O4S. The Hall–Kier alpha value is -0.130. The van der Waals surface area contributed by atoms with Gasteiger partial charge >= 0.3 is 0 Å². The SMILES string of the molecule is CCCCCCCCC1OC1C(CCCCCCC)S(=O)(=O)O. The van der Waals surface area contributed by atoms with Crippen molar-refractivity contribution in [2.24, 2.45) is 0 Å². The molecular weight excluding hydrogens is 312 g/mol. The maximum Gasteiger partial charge on any atom is 0.270 e. The van der Waals surface area contributed by atoms with E-state index in [0.29, 0.717) is 6.42 Å². The second-order valence-corrected chi connectivity index (χ2v) is 8.59. The molecule has 0 spiro atoms. The predicted octanol–water partition coefficient (Wildman–Crippen LogP) is 5.12. The van der Waals surface area contributed by atoms with Gasteiger partial charge in [-0.2, -0.15) is 8.42 Å². The van der Waals surface area contributed by atoms with Crippen molar-refractivity contribution < 1.29 is 17.7 Å². The highest BCUT2D eigenvalue weighted by Crippen LogP contribution is 2.35. The topological polar surface area (TPSA) is 66.9 Å². The molecule has 1 rings (SSSR count). The fourth-order valence-electron chi connectivity index (χ4n) is 3.27. The number of ether oxygens (including phenoxy) is 1. The zero-order chi connectivity index (χ0) is 17.1. The largest absolute Gasteiger partial charge is 0.368 e. The minimum absolute atomic E-state index is 0.0451. The summed E-state index contributed by atoms with van der Waals surface area (Å²) < 4.78 is 38.2. The van der Waals surface area contributed by atoms with Crippen LogP contribution in [0.25, 0.3) is 0 Å². The van der Waals surface area contributed by atoms with Gasteiger partial charge in [0, 0.05) is 0 Å². The fourth-order valence-corrected chi connectivity index (χ4v) is 4.32. The third-order valence-corrected chi connectivity index (χ3v) is 6.07. The molecule has 1 aliphatic rings. The number of unbranched alkanes of at least 4 members (excludes halogenated alkanes) is 9. The first-order valence-electron chi connectivity index (χ1n) is 9.62. The van der Waals surface area contributed by atoms with E-state index in [1.54, 1.807) is 0 Å². The molecule has 138 valence electrons. The summed E-state index contributed by atoms with van der Waals surface area (Å²) in [6.45, 7) is 4.37. The van der Waals surface area contributed by atoms with Crippen LogP contribution in [-0.2, 0) is 14.9 Å². The second kappa shape index (κ2) is 11.4. The lowest BCUT2D eigenvalue weighted by Crippen LogP contribution is -2.27. The standard InChI is InChI=1S/C18H36O4S/c1-3-5-7-9-11-12-14-16-18(22-16)17(23(19,20)21)15-13-10-8-6-4-2/h16-18H,3-15H2,1-2H3,(H,19,20,21). The number of epoxide rings is 1. The summed E-state index contributed by atoms with van der Waals surface area (Å²) in [7, 11) is -3.99. The molecule has 0 amide bonds.